The van der Waals surface area contributed by atoms with Crippen LogP contribution in [0.2, 0.25) is 0 Å². The Hall–Kier alpha value is -3.40. The topological polar surface area (TPSA) is 113 Å². The summed E-state index contributed by atoms with van der Waals surface area (Å²) >= 11 is 1.84. The van der Waals surface area contributed by atoms with Crippen LogP contribution in [0.1, 0.15) is 22.7 Å². The molecule has 9 nitrogen and oxygen atoms in total. The first-order chi connectivity index (χ1) is 16.8. The van der Waals surface area contributed by atoms with Gasteiger partial charge < -0.3 is 19.3 Å². The lowest BCUT2D eigenvalue weighted by Crippen LogP contribution is -2.23. The zero-order valence-electron chi connectivity index (χ0n) is 18.4. The number of alkyl halides is 6. The van der Waals surface area contributed by atoms with E-state index in [1.165, 1.54) is 17.0 Å². The van der Waals surface area contributed by atoms with Crippen molar-refractivity contribution in [1.29, 1.82) is 0 Å². The highest BCUT2D eigenvalue weighted by Crippen LogP contribution is 2.20. The van der Waals surface area contributed by atoms with Crippen molar-refractivity contribution >= 4 is 23.3 Å². The molecule has 198 valence electrons. The van der Waals surface area contributed by atoms with Gasteiger partial charge in [-0.25, -0.2) is 19.6 Å². The summed E-state index contributed by atoms with van der Waals surface area (Å²) in [6, 6.07) is 4.35. The average molecular weight is 541 g/mol. The molecule has 0 fully saturated rings. The van der Waals surface area contributed by atoms with Gasteiger partial charge >= 0.3 is 24.3 Å². The molecule has 4 heterocycles. The van der Waals surface area contributed by atoms with Crippen LogP contribution in [0.3, 0.4) is 0 Å². The van der Waals surface area contributed by atoms with Crippen molar-refractivity contribution in [2.24, 2.45) is 0 Å². The maximum absolute atomic E-state index is 10.6. The largest absolute Gasteiger partial charge is 0.490 e. The van der Waals surface area contributed by atoms with Crippen molar-refractivity contribution in [1.82, 2.24) is 24.0 Å². The molecule has 3 aromatic rings. The Morgan fingerprint density at radius 1 is 1.00 bits per heavy atom. The molecule has 0 aromatic carbocycles. The summed E-state index contributed by atoms with van der Waals surface area (Å²) in [4.78, 5) is 30.5. The van der Waals surface area contributed by atoms with Crippen molar-refractivity contribution in [2.75, 3.05) is 6.54 Å². The molecule has 36 heavy (non-hydrogen) atoms. The molecule has 0 spiro atoms. The highest BCUT2D eigenvalue weighted by Gasteiger charge is 2.38. The zero-order valence-corrected chi connectivity index (χ0v) is 19.2. The molecule has 0 amide bonds. The number of hydrogen-bond donors (Lipinski definition) is 2. The maximum Gasteiger partial charge on any atom is 0.490 e. The third-order valence-corrected chi connectivity index (χ3v) is 5.48. The predicted molar refractivity (Wildman–Crippen MR) is 114 cm³/mol. The summed E-state index contributed by atoms with van der Waals surface area (Å²) in [7, 11) is 0. The smallest absolute Gasteiger partial charge is 0.475 e. The Bertz CT molecular complexity index is 1070. The number of carboxylic acids is 2. The number of nitrogens with zero attached hydrogens (tertiary/aromatic N) is 5. The molecule has 1 aliphatic heterocycles. The van der Waals surface area contributed by atoms with Crippen LogP contribution in [0.5, 0.6) is 0 Å². The third kappa shape index (κ3) is 9.33. The highest BCUT2D eigenvalue weighted by atomic mass is 32.1. The van der Waals surface area contributed by atoms with E-state index in [9.17, 15) is 26.3 Å². The van der Waals surface area contributed by atoms with Crippen LogP contribution in [-0.2, 0) is 35.8 Å². The number of fused-ring (bicyclic) bond motifs is 1. The first kappa shape index (κ1) is 28.8. The average Bonchev–Trinajstić information content (AvgIpc) is 3.51. The van der Waals surface area contributed by atoms with Crippen molar-refractivity contribution in [3.63, 3.8) is 0 Å². The molecule has 0 saturated carbocycles. The lowest BCUT2D eigenvalue weighted by molar-refractivity contribution is -0.193. The van der Waals surface area contributed by atoms with Crippen LogP contribution in [-0.4, -0.2) is 65.1 Å². The molecule has 0 unspecified atom stereocenters. The number of thiophene rings is 1. The molecule has 0 saturated heterocycles. The molecule has 1 aliphatic rings. The number of aliphatic carboxylic acids is 2. The van der Waals surface area contributed by atoms with Gasteiger partial charge in [0.1, 0.15) is 0 Å². The first-order valence-corrected chi connectivity index (χ1v) is 11.0. The highest BCUT2D eigenvalue weighted by molar-refractivity contribution is 7.09. The summed E-state index contributed by atoms with van der Waals surface area (Å²) in [5, 5.41) is 16.4. The number of hydrogen-bond acceptors (Lipinski definition) is 6. The fraction of sp³-hybridized carbons (Fsp3) is 0.400. The van der Waals surface area contributed by atoms with E-state index in [4.69, 9.17) is 19.8 Å². The van der Waals surface area contributed by atoms with Gasteiger partial charge in [-0.1, -0.05) is 6.07 Å². The van der Waals surface area contributed by atoms with Gasteiger partial charge in [0.2, 0.25) is 0 Å². The Kier molecular flexibility index (Phi) is 10.0. The van der Waals surface area contributed by atoms with Crippen LogP contribution in [0, 0.1) is 0 Å². The second-order valence-corrected chi connectivity index (χ2v) is 8.35. The molecule has 0 bridgehead atoms. The number of carboxylic acid groups (broad SMARTS) is 2. The Morgan fingerprint density at radius 3 is 2.14 bits per heavy atom. The molecule has 4 rings (SSSR count). The predicted octanol–water partition coefficient (Wildman–Crippen LogP) is 3.86. The van der Waals surface area contributed by atoms with Gasteiger partial charge in [-0.05, 0) is 17.9 Å². The second kappa shape index (κ2) is 12.5. The van der Waals surface area contributed by atoms with E-state index >= 15 is 0 Å². The Morgan fingerprint density at radius 2 is 1.64 bits per heavy atom. The lowest BCUT2D eigenvalue weighted by atomic mass is 10.3. The first-order valence-electron chi connectivity index (χ1n) is 10.1. The van der Waals surface area contributed by atoms with Crippen LogP contribution < -0.4 is 0 Å². The quantitative estimate of drug-likeness (QED) is 0.483. The van der Waals surface area contributed by atoms with E-state index in [0.717, 1.165) is 38.4 Å². The summed E-state index contributed by atoms with van der Waals surface area (Å²) < 4.78 is 67.9. The van der Waals surface area contributed by atoms with Crippen LogP contribution >= 0.6 is 11.3 Å². The van der Waals surface area contributed by atoms with Gasteiger partial charge in [-0.3, -0.25) is 4.90 Å². The molecule has 16 heteroatoms. The summed E-state index contributed by atoms with van der Waals surface area (Å²) in [6.45, 7) is 5.02. The number of aryl methyl sites for hydroxylation is 1. The number of aromatic nitrogens is 4. The SMILES string of the molecule is O=C(O)C(F)(F)F.O=C(O)C(F)(F)F.c1csc(CN2CCCn3cnc(Cn4ccnc4)c3C2)c1. The second-order valence-electron chi connectivity index (χ2n) is 7.32. The minimum Gasteiger partial charge on any atom is -0.475 e. The van der Waals surface area contributed by atoms with Gasteiger partial charge in [-0.15, -0.1) is 11.3 Å². The summed E-state index contributed by atoms with van der Waals surface area (Å²) in [5.41, 5.74) is 2.51. The van der Waals surface area contributed by atoms with Gasteiger partial charge in [0.25, 0.3) is 0 Å². The zero-order chi connectivity index (χ0) is 26.9. The van der Waals surface area contributed by atoms with Crippen LogP contribution in [0.25, 0.3) is 0 Å². The molecule has 2 N–H and O–H groups in total. The van der Waals surface area contributed by atoms with Gasteiger partial charge in [0.05, 0.1) is 30.6 Å². The van der Waals surface area contributed by atoms with E-state index in [1.807, 2.05) is 36.4 Å². The summed E-state index contributed by atoms with van der Waals surface area (Å²) in [6.07, 6.45) is -1.33. The van der Waals surface area contributed by atoms with Gasteiger partial charge in [0, 0.05) is 43.4 Å². The van der Waals surface area contributed by atoms with Crippen molar-refractivity contribution < 1.29 is 46.1 Å². The Labute approximate surface area is 204 Å². The fourth-order valence-electron chi connectivity index (χ4n) is 3.02. The fourth-order valence-corrected chi connectivity index (χ4v) is 3.77. The van der Waals surface area contributed by atoms with Gasteiger partial charge in [-0.2, -0.15) is 26.3 Å². The molecule has 0 radical (unpaired) electrons. The van der Waals surface area contributed by atoms with E-state index < -0.39 is 24.3 Å². The maximum atomic E-state index is 10.6. The van der Waals surface area contributed by atoms with Crippen LogP contribution in [0.15, 0.2) is 42.6 Å². The van der Waals surface area contributed by atoms with Crippen molar-refractivity contribution in [3.8, 4) is 0 Å². The third-order valence-electron chi connectivity index (χ3n) is 4.62. The molecule has 0 aliphatic carbocycles. The van der Waals surface area contributed by atoms with E-state index in [2.05, 4.69) is 41.5 Å². The number of halogens is 6. The molecule has 0 atom stereocenters. The van der Waals surface area contributed by atoms with Crippen molar-refractivity contribution in [3.05, 3.63) is 58.8 Å². The number of imidazole rings is 2. The standard InChI is InChI=1S/C16H19N5S.2C2HF3O2/c1-3-14(22-8-1)9-19-5-2-6-21-13-18-15(16(21)11-19)10-20-7-4-17-12-20;2*3-2(4,5)1(6)7/h1,3-4,7-8,12-13H,2,5-6,9-11H2;2*(H,6,7). The Balaban J connectivity index is 0.000000271. The monoisotopic (exact) mass is 541 g/mol. The molecule has 3 aromatic heterocycles. The molecular weight excluding hydrogens is 520 g/mol. The molecular formula is C20H21F6N5O4S. The van der Waals surface area contributed by atoms with Crippen molar-refractivity contribution in [2.45, 2.75) is 45.0 Å². The minimum absolute atomic E-state index is 0.801. The summed E-state index contributed by atoms with van der Waals surface area (Å²) in [5.74, 6) is -5.51. The van der Waals surface area contributed by atoms with Gasteiger partial charge in [0.15, 0.2) is 0 Å². The van der Waals surface area contributed by atoms with Crippen LogP contribution in [0.4, 0.5) is 26.3 Å². The van der Waals surface area contributed by atoms with E-state index in [-0.39, 0.29) is 0 Å². The van der Waals surface area contributed by atoms with E-state index in [0.29, 0.717) is 0 Å². The van der Waals surface area contributed by atoms with E-state index in [1.54, 1.807) is 0 Å². The minimum atomic E-state index is -5.08. The lowest BCUT2D eigenvalue weighted by Gasteiger charge is -2.19. The number of rotatable bonds is 4. The number of carbonyl (C=O) groups is 2. The normalized spacial score (nSPS) is 13.9.